The van der Waals surface area contributed by atoms with E-state index in [1.54, 1.807) is 0 Å². The molecular weight excluding hydrogens is 234 g/mol. The first-order valence-electron chi connectivity index (χ1n) is 5.10. The Bertz CT molecular complexity index is 576. The molecule has 0 aliphatic rings. The van der Waals surface area contributed by atoms with Crippen LogP contribution in [0.25, 0.3) is 5.69 Å². The van der Waals surface area contributed by atoms with Crippen LogP contribution in [-0.4, -0.2) is 22.9 Å². The van der Waals surface area contributed by atoms with Gasteiger partial charge in [-0.15, -0.1) is 5.11 Å². The molecule has 0 unspecified atom stereocenters. The third-order valence-corrected chi connectivity index (χ3v) is 2.30. The minimum Gasteiger partial charge on any atom is -0.465 e. The molecule has 7 heteroatoms. The van der Waals surface area contributed by atoms with E-state index in [9.17, 15) is 4.79 Å². The molecule has 0 saturated carbocycles. The molecule has 2 rings (SSSR count). The van der Waals surface area contributed by atoms with Gasteiger partial charge in [0, 0.05) is 0 Å². The molecule has 92 valence electrons. The Hall–Kier alpha value is -2.70. The Kier molecular flexibility index (Phi) is 3.33. The quantitative estimate of drug-likeness (QED) is 0.384. The number of ether oxygens (including phenoxy) is 1. The highest BCUT2D eigenvalue weighted by Gasteiger charge is 2.18. The molecule has 2 N–H and O–H groups in total. The summed E-state index contributed by atoms with van der Waals surface area (Å²) in [6.07, 6.45) is 1.36. The van der Waals surface area contributed by atoms with E-state index in [-0.39, 0.29) is 11.4 Å². The minimum atomic E-state index is -0.542. The van der Waals surface area contributed by atoms with E-state index in [1.807, 2.05) is 30.3 Å². The van der Waals surface area contributed by atoms with Crippen molar-refractivity contribution in [1.82, 2.24) is 9.78 Å². The third-order valence-electron chi connectivity index (χ3n) is 2.30. The summed E-state index contributed by atoms with van der Waals surface area (Å²) in [6.45, 7) is 0. The van der Waals surface area contributed by atoms with Crippen molar-refractivity contribution < 1.29 is 9.53 Å². The van der Waals surface area contributed by atoms with Crippen LogP contribution in [0.1, 0.15) is 10.4 Å². The predicted molar refractivity (Wildman–Crippen MR) is 63.6 cm³/mol. The van der Waals surface area contributed by atoms with Crippen LogP contribution in [0.15, 0.2) is 46.9 Å². The first-order valence-corrected chi connectivity index (χ1v) is 5.10. The molecule has 1 heterocycles. The standard InChI is InChI=1S/C11H11N5O2/c1-18-11(17)9-7-13-16(10(9)14-15-12)8-5-3-2-4-6-8/h2-7H,1H3,(H2,12,14). The van der Waals surface area contributed by atoms with E-state index in [0.717, 1.165) is 5.69 Å². The highest BCUT2D eigenvalue weighted by atomic mass is 16.5. The molecule has 0 amide bonds. The van der Waals surface area contributed by atoms with Gasteiger partial charge in [0.1, 0.15) is 5.56 Å². The van der Waals surface area contributed by atoms with E-state index in [0.29, 0.717) is 0 Å². The zero-order valence-corrected chi connectivity index (χ0v) is 9.65. The molecule has 1 aromatic carbocycles. The fourth-order valence-corrected chi connectivity index (χ4v) is 1.50. The Morgan fingerprint density at radius 1 is 1.39 bits per heavy atom. The summed E-state index contributed by atoms with van der Waals surface area (Å²) in [5.41, 5.74) is 0.950. The van der Waals surface area contributed by atoms with Gasteiger partial charge in [-0.05, 0) is 12.1 Å². The number of rotatable bonds is 3. The lowest BCUT2D eigenvalue weighted by Gasteiger charge is -2.03. The number of para-hydroxylation sites is 1. The molecule has 0 spiro atoms. The topological polar surface area (TPSA) is 94.9 Å². The molecule has 0 saturated heterocycles. The molecule has 7 nitrogen and oxygen atoms in total. The minimum absolute atomic E-state index is 0.204. The van der Waals surface area contributed by atoms with E-state index >= 15 is 0 Å². The summed E-state index contributed by atoms with van der Waals surface area (Å²) >= 11 is 0. The second kappa shape index (κ2) is 5.09. The Labute approximate surface area is 103 Å². The van der Waals surface area contributed by atoms with Gasteiger partial charge in [-0.2, -0.15) is 5.10 Å². The molecule has 18 heavy (non-hydrogen) atoms. The van der Waals surface area contributed by atoms with Crippen molar-refractivity contribution in [3.8, 4) is 5.69 Å². The number of hydrogen-bond donors (Lipinski definition) is 1. The SMILES string of the molecule is COC(=O)c1cnn(-c2ccccc2)c1N=NN. The normalized spacial score (nSPS) is 10.7. The van der Waals surface area contributed by atoms with Crippen LogP contribution in [-0.2, 0) is 4.74 Å². The van der Waals surface area contributed by atoms with E-state index < -0.39 is 5.97 Å². The average molecular weight is 245 g/mol. The zero-order valence-electron chi connectivity index (χ0n) is 9.65. The molecule has 0 bridgehead atoms. The van der Waals surface area contributed by atoms with Gasteiger partial charge in [0.05, 0.1) is 19.0 Å². The molecule has 2 aromatic rings. The van der Waals surface area contributed by atoms with Gasteiger partial charge in [-0.1, -0.05) is 23.4 Å². The highest BCUT2D eigenvalue weighted by molar-refractivity contribution is 5.94. The summed E-state index contributed by atoms with van der Waals surface area (Å²) in [5.74, 6) is 4.73. The number of esters is 1. The third kappa shape index (κ3) is 2.05. The van der Waals surface area contributed by atoms with Gasteiger partial charge in [0.25, 0.3) is 0 Å². The van der Waals surface area contributed by atoms with Crippen LogP contribution in [0.3, 0.4) is 0 Å². The number of nitrogens with two attached hydrogens (primary N) is 1. The van der Waals surface area contributed by atoms with Crippen LogP contribution in [0, 0.1) is 0 Å². The van der Waals surface area contributed by atoms with Crippen molar-refractivity contribution in [2.75, 3.05) is 7.11 Å². The molecule has 1 aromatic heterocycles. The van der Waals surface area contributed by atoms with Crippen molar-refractivity contribution >= 4 is 11.8 Å². The van der Waals surface area contributed by atoms with Gasteiger partial charge in [-0.3, -0.25) is 0 Å². The number of carbonyl (C=O) groups excluding carboxylic acids is 1. The highest BCUT2D eigenvalue weighted by Crippen LogP contribution is 2.23. The summed E-state index contributed by atoms with van der Waals surface area (Å²) in [6, 6.07) is 9.21. The smallest absolute Gasteiger partial charge is 0.343 e. The lowest BCUT2D eigenvalue weighted by molar-refractivity contribution is 0.0601. The molecule has 0 aliphatic heterocycles. The Balaban J connectivity index is 2.56. The first kappa shape index (κ1) is 11.8. The molecule has 0 fully saturated rings. The largest absolute Gasteiger partial charge is 0.465 e. The maximum absolute atomic E-state index is 11.5. The summed E-state index contributed by atoms with van der Waals surface area (Å²) in [5, 5.41) is 11.0. The fraction of sp³-hybridized carbons (Fsp3) is 0.0909. The summed E-state index contributed by atoms with van der Waals surface area (Å²) < 4.78 is 6.10. The molecular formula is C11H11N5O2. The maximum Gasteiger partial charge on any atom is 0.343 e. The van der Waals surface area contributed by atoms with Crippen molar-refractivity contribution in [3.63, 3.8) is 0 Å². The number of benzene rings is 1. The maximum atomic E-state index is 11.5. The first-order chi connectivity index (χ1) is 8.77. The molecule has 0 atom stereocenters. The van der Waals surface area contributed by atoms with Gasteiger partial charge in [-0.25, -0.2) is 9.48 Å². The Morgan fingerprint density at radius 2 is 2.11 bits per heavy atom. The van der Waals surface area contributed by atoms with Crippen LogP contribution in [0.5, 0.6) is 0 Å². The van der Waals surface area contributed by atoms with Crippen molar-refractivity contribution in [2.45, 2.75) is 0 Å². The monoisotopic (exact) mass is 245 g/mol. The summed E-state index contributed by atoms with van der Waals surface area (Å²) in [7, 11) is 1.28. The number of hydrogen-bond acceptors (Lipinski definition) is 5. The number of aromatic nitrogens is 2. The van der Waals surface area contributed by atoms with E-state index in [4.69, 9.17) is 5.84 Å². The lowest BCUT2D eigenvalue weighted by Crippen LogP contribution is -2.01. The number of methoxy groups -OCH3 is 1. The number of nitrogens with zero attached hydrogens (tertiary/aromatic N) is 4. The van der Waals surface area contributed by atoms with E-state index in [1.165, 1.54) is 18.0 Å². The van der Waals surface area contributed by atoms with Crippen LogP contribution >= 0.6 is 0 Å². The second-order valence-corrected chi connectivity index (χ2v) is 3.34. The van der Waals surface area contributed by atoms with Crippen molar-refractivity contribution in [1.29, 1.82) is 0 Å². The molecule has 0 aliphatic carbocycles. The van der Waals surface area contributed by atoms with Gasteiger partial charge in [0.2, 0.25) is 0 Å². The summed E-state index contributed by atoms with van der Waals surface area (Å²) in [4.78, 5) is 11.5. The predicted octanol–water partition coefficient (Wildman–Crippen LogP) is 1.62. The fourth-order valence-electron chi connectivity index (χ4n) is 1.50. The lowest BCUT2D eigenvalue weighted by atomic mass is 10.3. The van der Waals surface area contributed by atoms with E-state index in [2.05, 4.69) is 20.2 Å². The van der Waals surface area contributed by atoms with Crippen LogP contribution in [0.2, 0.25) is 0 Å². The van der Waals surface area contributed by atoms with Crippen molar-refractivity contribution in [3.05, 3.63) is 42.1 Å². The second-order valence-electron chi connectivity index (χ2n) is 3.34. The zero-order chi connectivity index (χ0) is 13.0. The van der Waals surface area contributed by atoms with Crippen LogP contribution < -0.4 is 5.84 Å². The van der Waals surface area contributed by atoms with Crippen molar-refractivity contribution in [2.24, 2.45) is 16.2 Å². The van der Waals surface area contributed by atoms with Gasteiger partial charge in [0.15, 0.2) is 5.82 Å². The van der Waals surface area contributed by atoms with Crippen LogP contribution in [0.4, 0.5) is 5.82 Å². The van der Waals surface area contributed by atoms with Gasteiger partial charge >= 0.3 is 5.97 Å². The van der Waals surface area contributed by atoms with Gasteiger partial charge < -0.3 is 10.6 Å². The molecule has 0 radical (unpaired) electrons. The Morgan fingerprint density at radius 3 is 2.72 bits per heavy atom. The number of carbonyl (C=O) groups is 1. The average Bonchev–Trinajstić information content (AvgIpc) is 2.83.